The van der Waals surface area contributed by atoms with Gasteiger partial charge in [-0.3, -0.25) is 14.9 Å². The highest BCUT2D eigenvalue weighted by atomic mass is 16.6. The van der Waals surface area contributed by atoms with Gasteiger partial charge < -0.3 is 14.8 Å². The van der Waals surface area contributed by atoms with Crippen molar-refractivity contribution in [3.63, 3.8) is 0 Å². The Balaban J connectivity index is 1.59. The molecule has 0 aliphatic carbocycles. The normalized spacial score (nSPS) is 10.6. The molecule has 7 heteroatoms. The zero-order valence-corrected chi connectivity index (χ0v) is 16.3. The number of carbonyl (C=O) groups excluding carboxylic acids is 1. The number of methoxy groups -OCH3 is 1. The molecular weight excluding hydrogens is 384 g/mol. The summed E-state index contributed by atoms with van der Waals surface area (Å²) in [5.41, 5.74) is 1.73. The SMILES string of the molecule is COc1ccc(NC(=O)C=Cc2ccc(OCc3ccccc3)cc2)c([N+](=O)[O-])c1. The molecule has 30 heavy (non-hydrogen) atoms. The predicted molar refractivity (Wildman–Crippen MR) is 115 cm³/mol. The molecule has 0 fully saturated rings. The van der Waals surface area contributed by atoms with E-state index in [1.54, 1.807) is 12.1 Å². The zero-order chi connectivity index (χ0) is 21.3. The van der Waals surface area contributed by atoms with Crippen molar-refractivity contribution in [3.05, 3.63) is 100 Å². The summed E-state index contributed by atoms with van der Waals surface area (Å²) in [7, 11) is 1.41. The van der Waals surface area contributed by atoms with Crippen molar-refractivity contribution in [1.29, 1.82) is 0 Å². The van der Waals surface area contributed by atoms with Gasteiger partial charge in [0.15, 0.2) is 0 Å². The van der Waals surface area contributed by atoms with E-state index in [0.29, 0.717) is 18.1 Å². The largest absolute Gasteiger partial charge is 0.496 e. The van der Waals surface area contributed by atoms with Crippen LogP contribution in [0.2, 0.25) is 0 Å². The topological polar surface area (TPSA) is 90.7 Å². The summed E-state index contributed by atoms with van der Waals surface area (Å²) >= 11 is 0. The van der Waals surface area contributed by atoms with Crippen molar-refractivity contribution in [1.82, 2.24) is 0 Å². The van der Waals surface area contributed by atoms with Gasteiger partial charge in [0, 0.05) is 6.08 Å². The van der Waals surface area contributed by atoms with Gasteiger partial charge in [-0.2, -0.15) is 0 Å². The van der Waals surface area contributed by atoms with Gasteiger partial charge in [0.05, 0.1) is 18.1 Å². The summed E-state index contributed by atoms with van der Waals surface area (Å²) in [6.45, 7) is 0.471. The van der Waals surface area contributed by atoms with Gasteiger partial charge in [0.25, 0.3) is 5.69 Å². The van der Waals surface area contributed by atoms with Gasteiger partial charge in [-0.15, -0.1) is 0 Å². The lowest BCUT2D eigenvalue weighted by atomic mass is 10.2. The Morgan fingerprint density at radius 3 is 2.40 bits per heavy atom. The lowest BCUT2D eigenvalue weighted by Crippen LogP contribution is -2.09. The highest BCUT2D eigenvalue weighted by molar-refractivity contribution is 6.03. The number of nitro groups is 1. The minimum absolute atomic E-state index is 0.0973. The monoisotopic (exact) mass is 404 g/mol. The summed E-state index contributed by atoms with van der Waals surface area (Å²) in [5.74, 6) is 0.576. The van der Waals surface area contributed by atoms with Crippen LogP contribution < -0.4 is 14.8 Å². The molecule has 0 unspecified atom stereocenters. The number of ether oxygens (including phenoxy) is 2. The van der Waals surface area contributed by atoms with Gasteiger partial charge in [0.2, 0.25) is 5.91 Å². The van der Waals surface area contributed by atoms with E-state index >= 15 is 0 Å². The van der Waals surface area contributed by atoms with Crippen LogP contribution in [-0.2, 0) is 11.4 Å². The van der Waals surface area contributed by atoms with E-state index in [4.69, 9.17) is 9.47 Å². The van der Waals surface area contributed by atoms with Crippen LogP contribution in [0.5, 0.6) is 11.5 Å². The van der Waals surface area contributed by atoms with Gasteiger partial charge >= 0.3 is 0 Å². The number of nitro benzene ring substituents is 1. The molecule has 0 saturated heterocycles. The first-order valence-electron chi connectivity index (χ1n) is 9.13. The molecule has 0 spiro atoms. The van der Waals surface area contributed by atoms with Crippen molar-refractivity contribution in [2.45, 2.75) is 6.61 Å². The van der Waals surface area contributed by atoms with Crippen molar-refractivity contribution in [3.8, 4) is 11.5 Å². The van der Waals surface area contributed by atoms with Gasteiger partial charge in [-0.25, -0.2) is 0 Å². The molecule has 0 radical (unpaired) electrons. The number of nitrogens with zero attached hydrogens (tertiary/aromatic N) is 1. The molecule has 1 N–H and O–H groups in total. The van der Waals surface area contributed by atoms with Crippen LogP contribution in [-0.4, -0.2) is 17.9 Å². The second-order valence-corrected chi connectivity index (χ2v) is 6.31. The highest BCUT2D eigenvalue weighted by Gasteiger charge is 2.16. The summed E-state index contributed by atoms with van der Waals surface area (Å²) in [5, 5.41) is 13.7. The van der Waals surface area contributed by atoms with Crippen LogP contribution in [0.4, 0.5) is 11.4 Å². The Hall–Kier alpha value is -4.13. The van der Waals surface area contributed by atoms with E-state index in [1.165, 1.54) is 25.3 Å². The Labute approximate surface area is 173 Å². The number of anilines is 1. The fourth-order valence-electron chi connectivity index (χ4n) is 2.66. The number of nitrogens with one attached hydrogen (secondary N) is 1. The number of rotatable bonds is 8. The van der Waals surface area contributed by atoms with Gasteiger partial charge in [-0.05, 0) is 41.5 Å². The molecule has 0 aliphatic heterocycles. The maximum Gasteiger partial charge on any atom is 0.296 e. The fraction of sp³-hybridized carbons (Fsp3) is 0.0870. The number of benzene rings is 3. The third-order valence-corrected chi connectivity index (χ3v) is 4.22. The molecule has 0 aliphatic rings. The minimum Gasteiger partial charge on any atom is -0.496 e. The number of hydrogen-bond donors (Lipinski definition) is 1. The lowest BCUT2D eigenvalue weighted by molar-refractivity contribution is -0.384. The van der Waals surface area contributed by atoms with Crippen LogP contribution in [0, 0.1) is 10.1 Å². The maximum absolute atomic E-state index is 12.2. The van der Waals surface area contributed by atoms with Crippen LogP contribution in [0.25, 0.3) is 6.08 Å². The first-order chi connectivity index (χ1) is 14.5. The summed E-state index contributed by atoms with van der Waals surface area (Å²) in [4.78, 5) is 22.8. The Morgan fingerprint density at radius 1 is 1.03 bits per heavy atom. The second kappa shape index (κ2) is 9.88. The zero-order valence-electron chi connectivity index (χ0n) is 16.3. The average molecular weight is 404 g/mol. The highest BCUT2D eigenvalue weighted by Crippen LogP contribution is 2.29. The van der Waals surface area contributed by atoms with Crippen LogP contribution in [0.15, 0.2) is 78.9 Å². The molecule has 3 aromatic rings. The Bertz CT molecular complexity index is 1050. The van der Waals surface area contributed by atoms with E-state index < -0.39 is 10.8 Å². The molecule has 0 bridgehead atoms. The van der Waals surface area contributed by atoms with E-state index in [0.717, 1.165) is 11.1 Å². The van der Waals surface area contributed by atoms with Crippen LogP contribution >= 0.6 is 0 Å². The molecule has 0 saturated carbocycles. The second-order valence-electron chi connectivity index (χ2n) is 6.31. The van der Waals surface area contributed by atoms with E-state index in [9.17, 15) is 14.9 Å². The Morgan fingerprint density at radius 2 is 1.73 bits per heavy atom. The first kappa shape index (κ1) is 20.6. The first-order valence-corrected chi connectivity index (χ1v) is 9.13. The van der Waals surface area contributed by atoms with Crippen LogP contribution in [0.1, 0.15) is 11.1 Å². The Kier molecular flexibility index (Phi) is 6.78. The molecule has 3 rings (SSSR count). The number of hydrogen-bond acceptors (Lipinski definition) is 5. The molecule has 0 heterocycles. The lowest BCUT2D eigenvalue weighted by Gasteiger charge is -2.07. The summed E-state index contributed by atoms with van der Waals surface area (Å²) in [6, 6.07) is 21.3. The van der Waals surface area contributed by atoms with Crippen molar-refractivity contribution < 1.29 is 19.2 Å². The molecule has 7 nitrogen and oxygen atoms in total. The fourth-order valence-corrected chi connectivity index (χ4v) is 2.66. The standard InChI is InChI=1S/C23H20N2O5/c1-29-20-12-13-21(22(15-20)25(27)28)24-23(26)14-9-17-7-10-19(11-8-17)30-16-18-5-3-2-4-6-18/h2-15H,16H2,1H3,(H,24,26). The average Bonchev–Trinajstić information content (AvgIpc) is 2.78. The predicted octanol–water partition coefficient (Wildman–Crippen LogP) is 4.83. The van der Waals surface area contributed by atoms with E-state index in [2.05, 4.69) is 5.32 Å². The van der Waals surface area contributed by atoms with Gasteiger partial charge in [0.1, 0.15) is 23.8 Å². The van der Waals surface area contributed by atoms with Gasteiger partial charge in [-0.1, -0.05) is 42.5 Å². The molecule has 152 valence electrons. The molecule has 3 aromatic carbocycles. The summed E-state index contributed by atoms with van der Waals surface area (Å²) < 4.78 is 10.7. The van der Waals surface area contributed by atoms with Crippen molar-refractivity contribution >= 4 is 23.4 Å². The smallest absolute Gasteiger partial charge is 0.296 e. The number of amides is 1. The summed E-state index contributed by atoms with van der Waals surface area (Å²) in [6.07, 6.45) is 2.93. The molecule has 1 amide bonds. The minimum atomic E-state index is -0.573. The third-order valence-electron chi connectivity index (χ3n) is 4.22. The van der Waals surface area contributed by atoms with Crippen molar-refractivity contribution in [2.75, 3.05) is 12.4 Å². The number of carbonyl (C=O) groups is 1. The third kappa shape index (κ3) is 5.68. The van der Waals surface area contributed by atoms with Crippen LogP contribution in [0.3, 0.4) is 0 Å². The molecular formula is C23H20N2O5. The van der Waals surface area contributed by atoms with E-state index in [1.807, 2.05) is 54.6 Å². The quantitative estimate of drug-likeness (QED) is 0.330. The maximum atomic E-state index is 12.2. The van der Waals surface area contributed by atoms with E-state index in [-0.39, 0.29) is 11.4 Å². The molecule has 0 atom stereocenters. The molecule has 0 aromatic heterocycles. The van der Waals surface area contributed by atoms with Crippen molar-refractivity contribution in [2.24, 2.45) is 0 Å².